The van der Waals surface area contributed by atoms with Gasteiger partial charge in [0.2, 0.25) is 0 Å². The highest BCUT2D eigenvalue weighted by atomic mass is 79.9. The summed E-state index contributed by atoms with van der Waals surface area (Å²) in [7, 11) is 1.47. The van der Waals surface area contributed by atoms with Crippen LogP contribution in [0.2, 0.25) is 0 Å². The normalized spacial score (nSPS) is 11.0. The summed E-state index contributed by atoms with van der Waals surface area (Å²) in [6, 6.07) is 17.6. The van der Waals surface area contributed by atoms with Gasteiger partial charge in [-0.15, -0.1) is 0 Å². The summed E-state index contributed by atoms with van der Waals surface area (Å²) in [5.41, 5.74) is 1.58. The number of methoxy groups -OCH3 is 1. The van der Waals surface area contributed by atoms with Gasteiger partial charge in [-0.2, -0.15) is 5.26 Å². The fraction of sp³-hybridized carbons (Fsp3) is 0.0870. The molecule has 0 bridgehead atoms. The van der Waals surface area contributed by atoms with Crippen LogP contribution in [0.5, 0.6) is 11.5 Å². The molecule has 0 saturated carbocycles. The molecule has 0 atom stereocenters. The molecule has 3 aromatic rings. The van der Waals surface area contributed by atoms with Gasteiger partial charge in [-0.05, 0) is 51.3 Å². The van der Waals surface area contributed by atoms with Crippen LogP contribution in [0.3, 0.4) is 0 Å². The Hall–Kier alpha value is -3.70. The van der Waals surface area contributed by atoms with Crippen molar-refractivity contribution in [2.24, 2.45) is 0 Å². The van der Waals surface area contributed by atoms with Crippen LogP contribution in [0.4, 0.5) is 10.1 Å². The average molecular weight is 483 g/mol. The molecule has 0 amide bonds. The molecule has 156 valence electrons. The summed E-state index contributed by atoms with van der Waals surface area (Å²) in [4.78, 5) is 10.5. The van der Waals surface area contributed by atoms with E-state index in [4.69, 9.17) is 9.47 Å². The number of non-ortho nitro benzene ring substituents is 1. The van der Waals surface area contributed by atoms with Gasteiger partial charge >= 0.3 is 0 Å². The first-order valence-electron chi connectivity index (χ1n) is 9.03. The van der Waals surface area contributed by atoms with Crippen molar-refractivity contribution in [3.63, 3.8) is 0 Å². The third kappa shape index (κ3) is 5.27. The lowest BCUT2D eigenvalue weighted by Crippen LogP contribution is -2.01. The Morgan fingerprint density at radius 3 is 2.68 bits per heavy atom. The van der Waals surface area contributed by atoms with Gasteiger partial charge in [0, 0.05) is 17.7 Å². The predicted octanol–water partition coefficient (Wildman–Crippen LogP) is 6.15. The molecule has 0 aliphatic rings. The summed E-state index contributed by atoms with van der Waals surface area (Å²) in [6.45, 7) is 0.00788. The third-order valence-electron chi connectivity index (χ3n) is 4.38. The van der Waals surface area contributed by atoms with Crippen LogP contribution in [-0.2, 0) is 6.61 Å². The number of hydrogen-bond acceptors (Lipinski definition) is 5. The zero-order valence-corrected chi connectivity index (χ0v) is 17.9. The second kappa shape index (κ2) is 9.87. The van der Waals surface area contributed by atoms with Crippen LogP contribution in [0.1, 0.15) is 16.7 Å². The van der Waals surface area contributed by atoms with Gasteiger partial charge in [-0.25, -0.2) is 4.39 Å². The number of nitro groups is 1. The maximum atomic E-state index is 13.9. The van der Waals surface area contributed by atoms with Crippen molar-refractivity contribution in [2.75, 3.05) is 7.11 Å². The minimum Gasteiger partial charge on any atom is -0.493 e. The molecule has 31 heavy (non-hydrogen) atoms. The number of nitro benzene ring substituents is 1. The van der Waals surface area contributed by atoms with Crippen LogP contribution in [0, 0.1) is 27.3 Å². The van der Waals surface area contributed by atoms with Gasteiger partial charge in [0.1, 0.15) is 12.4 Å². The van der Waals surface area contributed by atoms with E-state index in [2.05, 4.69) is 22.0 Å². The van der Waals surface area contributed by atoms with E-state index in [1.807, 2.05) is 0 Å². The van der Waals surface area contributed by atoms with E-state index < -0.39 is 4.92 Å². The van der Waals surface area contributed by atoms with Gasteiger partial charge in [0.05, 0.1) is 28.1 Å². The Balaban J connectivity index is 1.93. The van der Waals surface area contributed by atoms with E-state index in [0.29, 0.717) is 32.7 Å². The number of ether oxygens (including phenoxy) is 2. The molecule has 0 N–H and O–H groups in total. The Kier molecular flexibility index (Phi) is 7.00. The van der Waals surface area contributed by atoms with E-state index in [9.17, 15) is 19.8 Å². The van der Waals surface area contributed by atoms with Crippen LogP contribution in [0.15, 0.2) is 65.1 Å². The second-order valence-electron chi connectivity index (χ2n) is 6.39. The predicted molar refractivity (Wildman–Crippen MR) is 118 cm³/mol. The molecular formula is C23H16BrFN2O4. The minimum absolute atomic E-state index is 0.00788. The van der Waals surface area contributed by atoms with Crippen molar-refractivity contribution in [2.45, 2.75) is 6.61 Å². The number of nitrogens with zero attached hydrogens (tertiary/aromatic N) is 2. The monoisotopic (exact) mass is 482 g/mol. The SMILES string of the molecule is COc1cc(/C=C(/C#N)c2cccc([N+](=O)[O-])c2)cc(Br)c1OCc1ccccc1F. The third-order valence-corrected chi connectivity index (χ3v) is 4.97. The van der Waals surface area contributed by atoms with Crippen LogP contribution in [0.25, 0.3) is 11.6 Å². The average Bonchev–Trinajstić information content (AvgIpc) is 2.77. The molecule has 3 rings (SSSR count). The summed E-state index contributed by atoms with van der Waals surface area (Å²) < 4.78 is 25.6. The lowest BCUT2D eigenvalue weighted by molar-refractivity contribution is -0.384. The summed E-state index contributed by atoms with van der Waals surface area (Å²) in [5, 5.41) is 20.6. The first-order valence-corrected chi connectivity index (χ1v) is 9.82. The lowest BCUT2D eigenvalue weighted by atomic mass is 10.0. The van der Waals surface area contributed by atoms with Gasteiger partial charge in [0.25, 0.3) is 5.69 Å². The number of hydrogen-bond donors (Lipinski definition) is 0. The summed E-state index contributed by atoms with van der Waals surface area (Å²) >= 11 is 3.43. The fourth-order valence-electron chi connectivity index (χ4n) is 2.86. The molecular weight excluding hydrogens is 467 g/mol. The van der Waals surface area contributed by atoms with Crippen LogP contribution >= 0.6 is 15.9 Å². The first kappa shape index (κ1) is 22.0. The van der Waals surface area contributed by atoms with Crippen molar-refractivity contribution in [1.82, 2.24) is 0 Å². The highest BCUT2D eigenvalue weighted by Crippen LogP contribution is 2.38. The quantitative estimate of drug-likeness (QED) is 0.174. The Morgan fingerprint density at radius 2 is 2.00 bits per heavy atom. The zero-order chi connectivity index (χ0) is 22.4. The molecule has 3 aromatic carbocycles. The number of rotatable bonds is 7. The van der Waals surface area contributed by atoms with Crippen molar-refractivity contribution < 1.29 is 18.8 Å². The van der Waals surface area contributed by atoms with Crippen LogP contribution in [-0.4, -0.2) is 12.0 Å². The number of allylic oxidation sites excluding steroid dienone is 1. The maximum Gasteiger partial charge on any atom is 0.270 e. The molecule has 0 aromatic heterocycles. The molecule has 0 heterocycles. The van der Waals surface area contributed by atoms with Gasteiger partial charge in [-0.1, -0.05) is 30.3 Å². The topological polar surface area (TPSA) is 85.4 Å². The first-order chi connectivity index (χ1) is 14.9. The number of nitriles is 1. The van der Waals surface area contributed by atoms with E-state index in [1.54, 1.807) is 42.5 Å². The van der Waals surface area contributed by atoms with E-state index >= 15 is 0 Å². The molecule has 0 aliphatic carbocycles. The Morgan fingerprint density at radius 1 is 1.23 bits per heavy atom. The Labute approximate surface area is 186 Å². The summed E-state index contributed by atoms with van der Waals surface area (Å²) in [6.07, 6.45) is 1.59. The molecule has 0 radical (unpaired) electrons. The van der Waals surface area contributed by atoms with Crippen LogP contribution < -0.4 is 9.47 Å². The highest BCUT2D eigenvalue weighted by Gasteiger charge is 2.14. The van der Waals surface area contributed by atoms with Gasteiger partial charge in [-0.3, -0.25) is 10.1 Å². The van der Waals surface area contributed by atoms with E-state index in [-0.39, 0.29) is 23.7 Å². The zero-order valence-electron chi connectivity index (χ0n) is 16.3. The van der Waals surface area contributed by atoms with Gasteiger partial charge < -0.3 is 9.47 Å². The number of benzene rings is 3. The van der Waals surface area contributed by atoms with Crippen molar-refractivity contribution >= 4 is 33.3 Å². The number of halogens is 2. The lowest BCUT2D eigenvalue weighted by Gasteiger charge is -2.14. The molecule has 0 spiro atoms. The van der Waals surface area contributed by atoms with E-state index in [1.165, 1.54) is 31.4 Å². The van der Waals surface area contributed by atoms with Crippen molar-refractivity contribution in [3.8, 4) is 17.6 Å². The minimum atomic E-state index is -0.514. The smallest absolute Gasteiger partial charge is 0.270 e. The van der Waals surface area contributed by atoms with E-state index in [0.717, 1.165) is 0 Å². The van der Waals surface area contributed by atoms with Gasteiger partial charge in [0.15, 0.2) is 11.5 Å². The maximum absolute atomic E-state index is 13.9. The second-order valence-corrected chi connectivity index (χ2v) is 7.25. The highest BCUT2D eigenvalue weighted by molar-refractivity contribution is 9.10. The molecule has 0 unspecified atom stereocenters. The fourth-order valence-corrected chi connectivity index (χ4v) is 3.44. The molecule has 6 nitrogen and oxygen atoms in total. The van der Waals surface area contributed by atoms with Crippen molar-refractivity contribution in [3.05, 3.63) is 97.8 Å². The van der Waals surface area contributed by atoms with Crippen molar-refractivity contribution in [1.29, 1.82) is 5.26 Å². The molecule has 0 fully saturated rings. The Bertz CT molecular complexity index is 1200. The summed E-state index contributed by atoms with van der Waals surface area (Å²) in [5.74, 6) is 0.401. The molecule has 0 aliphatic heterocycles. The molecule has 8 heteroatoms. The largest absolute Gasteiger partial charge is 0.493 e. The molecule has 0 saturated heterocycles. The standard InChI is InChI=1S/C23H16BrFN2O4/c1-30-22-11-15(9-18(13-26)16-6-4-7-19(12-16)27(28)29)10-20(24)23(22)31-14-17-5-2-3-8-21(17)25/h2-12H,14H2,1H3/b18-9-.